The first-order chi connectivity index (χ1) is 11.9. The van der Waals surface area contributed by atoms with Crippen LogP contribution in [-0.2, 0) is 4.79 Å². The number of hydrogen-bond acceptors (Lipinski definition) is 6. The van der Waals surface area contributed by atoms with Gasteiger partial charge in [-0.15, -0.1) is 0 Å². The standard InChI is InChI=1S/C18H25N3O4/c1-6-24-15-8-7-14(10-16(15)23-5)12(3)19-13(4)18(22)20-17-9-11(2)25-21-17/h7-10,12-13,19H,6H2,1-5H3,(H,20,21,22)/t12-,13+/m1/s1. The molecule has 1 aromatic carbocycles. The predicted octanol–water partition coefficient (Wildman–Crippen LogP) is 3.07. The van der Waals surface area contributed by atoms with E-state index in [1.807, 2.05) is 32.0 Å². The number of nitrogens with zero attached hydrogens (tertiary/aromatic N) is 1. The van der Waals surface area contributed by atoms with Crippen LogP contribution in [0.5, 0.6) is 11.5 Å². The lowest BCUT2D eigenvalue weighted by atomic mass is 10.1. The molecule has 7 heteroatoms. The Balaban J connectivity index is 2.00. The van der Waals surface area contributed by atoms with Crippen molar-refractivity contribution < 1.29 is 18.8 Å². The van der Waals surface area contributed by atoms with Crippen molar-refractivity contribution >= 4 is 11.7 Å². The SMILES string of the molecule is CCOc1ccc([C@@H](C)N[C@@H](C)C(=O)Nc2cc(C)on2)cc1OC. The van der Waals surface area contributed by atoms with Gasteiger partial charge in [0.2, 0.25) is 5.91 Å². The number of rotatable bonds is 8. The maximum absolute atomic E-state index is 12.3. The molecule has 0 saturated carbocycles. The Bertz CT molecular complexity index is 714. The second-order valence-electron chi connectivity index (χ2n) is 5.77. The van der Waals surface area contributed by atoms with Gasteiger partial charge in [0, 0.05) is 12.1 Å². The predicted molar refractivity (Wildman–Crippen MR) is 95.0 cm³/mol. The fourth-order valence-corrected chi connectivity index (χ4v) is 2.43. The van der Waals surface area contributed by atoms with Gasteiger partial charge in [-0.1, -0.05) is 11.2 Å². The lowest BCUT2D eigenvalue weighted by molar-refractivity contribution is -0.118. The third-order valence-electron chi connectivity index (χ3n) is 3.76. The number of carbonyl (C=O) groups is 1. The van der Waals surface area contributed by atoms with E-state index in [4.69, 9.17) is 14.0 Å². The van der Waals surface area contributed by atoms with E-state index < -0.39 is 6.04 Å². The minimum absolute atomic E-state index is 0.0515. The van der Waals surface area contributed by atoms with Crippen molar-refractivity contribution in [3.05, 3.63) is 35.6 Å². The smallest absolute Gasteiger partial charge is 0.242 e. The molecule has 2 atom stereocenters. The highest BCUT2D eigenvalue weighted by Gasteiger charge is 2.18. The van der Waals surface area contributed by atoms with Crippen LogP contribution in [0.3, 0.4) is 0 Å². The molecule has 136 valence electrons. The monoisotopic (exact) mass is 347 g/mol. The van der Waals surface area contributed by atoms with Gasteiger partial charge in [0.05, 0.1) is 19.8 Å². The van der Waals surface area contributed by atoms with Crippen molar-refractivity contribution in [3.8, 4) is 11.5 Å². The minimum Gasteiger partial charge on any atom is -0.493 e. The summed E-state index contributed by atoms with van der Waals surface area (Å²) in [6, 6.07) is 6.95. The summed E-state index contributed by atoms with van der Waals surface area (Å²) >= 11 is 0. The molecule has 2 N–H and O–H groups in total. The van der Waals surface area contributed by atoms with Gasteiger partial charge in [-0.3, -0.25) is 10.1 Å². The molecule has 0 spiro atoms. The summed E-state index contributed by atoms with van der Waals surface area (Å²) in [6.45, 7) is 8.05. The van der Waals surface area contributed by atoms with E-state index in [-0.39, 0.29) is 11.9 Å². The normalized spacial score (nSPS) is 13.2. The molecule has 0 aliphatic carbocycles. The average Bonchev–Trinajstić information content (AvgIpc) is 3.00. The molecule has 0 aliphatic heterocycles. The van der Waals surface area contributed by atoms with Crippen LogP contribution in [0.15, 0.2) is 28.8 Å². The lowest BCUT2D eigenvalue weighted by Crippen LogP contribution is -2.39. The van der Waals surface area contributed by atoms with E-state index in [0.717, 1.165) is 5.56 Å². The number of amides is 1. The van der Waals surface area contributed by atoms with Crippen molar-refractivity contribution in [2.75, 3.05) is 19.0 Å². The van der Waals surface area contributed by atoms with Gasteiger partial charge in [-0.05, 0) is 45.4 Å². The summed E-state index contributed by atoms with van der Waals surface area (Å²) < 4.78 is 15.8. The number of methoxy groups -OCH3 is 1. The van der Waals surface area contributed by atoms with Crippen molar-refractivity contribution in [1.29, 1.82) is 0 Å². The molecule has 0 fully saturated rings. The molecule has 2 rings (SSSR count). The fourth-order valence-electron chi connectivity index (χ4n) is 2.43. The molecular weight excluding hydrogens is 322 g/mol. The Labute approximate surface area is 147 Å². The second-order valence-corrected chi connectivity index (χ2v) is 5.77. The lowest BCUT2D eigenvalue weighted by Gasteiger charge is -2.20. The molecule has 25 heavy (non-hydrogen) atoms. The molecule has 0 radical (unpaired) electrons. The zero-order chi connectivity index (χ0) is 18.4. The molecule has 0 bridgehead atoms. The fraction of sp³-hybridized carbons (Fsp3) is 0.444. The molecule has 0 unspecified atom stereocenters. The van der Waals surface area contributed by atoms with Gasteiger partial charge in [0.15, 0.2) is 17.3 Å². The van der Waals surface area contributed by atoms with Gasteiger partial charge in [-0.2, -0.15) is 0 Å². The number of nitrogens with one attached hydrogen (secondary N) is 2. The number of aryl methyl sites for hydroxylation is 1. The van der Waals surface area contributed by atoms with E-state index in [2.05, 4.69) is 15.8 Å². The molecule has 0 aliphatic rings. The van der Waals surface area contributed by atoms with E-state index >= 15 is 0 Å². The summed E-state index contributed by atoms with van der Waals surface area (Å²) in [4.78, 5) is 12.3. The molecule has 0 saturated heterocycles. The van der Waals surface area contributed by atoms with Crippen molar-refractivity contribution in [2.45, 2.75) is 39.8 Å². The van der Waals surface area contributed by atoms with Gasteiger partial charge in [0.25, 0.3) is 0 Å². The maximum Gasteiger partial charge on any atom is 0.242 e. The summed E-state index contributed by atoms with van der Waals surface area (Å²) in [5.74, 6) is 2.24. The minimum atomic E-state index is -0.412. The first-order valence-electron chi connectivity index (χ1n) is 8.25. The summed E-state index contributed by atoms with van der Waals surface area (Å²) in [5.41, 5.74) is 0.997. The van der Waals surface area contributed by atoms with Gasteiger partial charge >= 0.3 is 0 Å². The van der Waals surface area contributed by atoms with Crippen LogP contribution in [-0.4, -0.2) is 30.8 Å². The molecule has 1 amide bonds. The van der Waals surface area contributed by atoms with E-state index in [1.54, 1.807) is 27.0 Å². The van der Waals surface area contributed by atoms with Crippen LogP contribution >= 0.6 is 0 Å². The van der Waals surface area contributed by atoms with Gasteiger partial charge < -0.3 is 19.3 Å². The molecular formula is C18H25N3O4. The summed E-state index contributed by atoms with van der Waals surface area (Å²) in [7, 11) is 1.61. The zero-order valence-corrected chi connectivity index (χ0v) is 15.3. The van der Waals surface area contributed by atoms with Crippen LogP contribution in [0.2, 0.25) is 0 Å². The Morgan fingerprint density at radius 2 is 2.04 bits per heavy atom. The van der Waals surface area contributed by atoms with Crippen LogP contribution in [0.4, 0.5) is 5.82 Å². The number of benzene rings is 1. The van der Waals surface area contributed by atoms with Gasteiger partial charge in [-0.25, -0.2) is 0 Å². The second kappa shape index (κ2) is 8.53. The highest BCUT2D eigenvalue weighted by molar-refractivity contribution is 5.93. The molecule has 2 aromatic rings. The highest BCUT2D eigenvalue weighted by Crippen LogP contribution is 2.30. The number of aromatic nitrogens is 1. The van der Waals surface area contributed by atoms with Crippen LogP contribution < -0.4 is 20.1 Å². The largest absolute Gasteiger partial charge is 0.493 e. The van der Waals surface area contributed by atoms with Crippen LogP contribution in [0.25, 0.3) is 0 Å². The summed E-state index contributed by atoms with van der Waals surface area (Å²) in [6.07, 6.45) is 0. The van der Waals surface area contributed by atoms with Crippen molar-refractivity contribution in [1.82, 2.24) is 10.5 Å². The van der Waals surface area contributed by atoms with E-state index in [0.29, 0.717) is 29.7 Å². The summed E-state index contributed by atoms with van der Waals surface area (Å²) in [5, 5.41) is 9.74. The first kappa shape index (κ1) is 18.8. The van der Waals surface area contributed by atoms with E-state index in [1.165, 1.54) is 0 Å². The maximum atomic E-state index is 12.3. The number of hydrogen-bond donors (Lipinski definition) is 2. The number of anilines is 1. The highest BCUT2D eigenvalue weighted by atomic mass is 16.5. The van der Waals surface area contributed by atoms with Crippen molar-refractivity contribution in [2.24, 2.45) is 0 Å². The quantitative estimate of drug-likeness (QED) is 0.763. The Kier molecular flexibility index (Phi) is 6.41. The zero-order valence-electron chi connectivity index (χ0n) is 15.3. The third-order valence-corrected chi connectivity index (χ3v) is 3.76. The van der Waals surface area contributed by atoms with Crippen LogP contribution in [0, 0.1) is 6.92 Å². The number of ether oxygens (including phenoxy) is 2. The molecule has 1 aromatic heterocycles. The van der Waals surface area contributed by atoms with E-state index in [9.17, 15) is 4.79 Å². The van der Waals surface area contributed by atoms with Crippen molar-refractivity contribution in [3.63, 3.8) is 0 Å². The third kappa shape index (κ3) is 4.96. The molecule has 7 nitrogen and oxygen atoms in total. The number of carbonyl (C=O) groups excluding carboxylic acids is 1. The van der Waals surface area contributed by atoms with Gasteiger partial charge in [0.1, 0.15) is 5.76 Å². The average molecular weight is 347 g/mol. The first-order valence-corrected chi connectivity index (χ1v) is 8.25. The Morgan fingerprint density at radius 1 is 1.28 bits per heavy atom. The Hall–Kier alpha value is -2.54. The topological polar surface area (TPSA) is 85.6 Å². The Morgan fingerprint density at radius 3 is 2.64 bits per heavy atom. The molecule has 1 heterocycles. The van der Waals surface area contributed by atoms with Crippen LogP contribution in [0.1, 0.15) is 38.1 Å².